The summed E-state index contributed by atoms with van der Waals surface area (Å²) in [5.74, 6) is 0.0814. The van der Waals surface area contributed by atoms with E-state index in [4.69, 9.17) is 21.9 Å². The molecule has 1 aromatic carbocycles. The minimum Gasteiger partial charge on any atom is -0.491 e. The van der Waals surface area contributed by atoms with Gasteiger partial charge in [0, 0.05) is 11.7 Å². The van der Waals surface area contributed by atoms with Crippen molar-refractivity contribution in [3.8, 4) is 5.75 Å². The molecule has 1 atom stereocenters. The third kappa shape index (κ3) is 3.35. The van der Waals surface area contributed by atoms with Crippen LogP contribution >= 0.6 is 0 Å². The number of anilines is 1. The maximum Gasteiger partial charge on any atom is 0.254 e. The fourth-order valence-corrected chi connectivity index (χ4v) is 1.31. The average molecular weight is 237 g/mol. The molecule has 6 N–H and O–H groups in total. The van der Waals surface area contributed by atoms with Crippen molar-refractivity contribution in [2.75, 3.05) is 12.3 Å². The Morgan fingerprint density at radius 2 is 2.06 bits per heavy atom. The molecule has 1 rings (SSSR count). The summed E-state index contributed by atoms with van der Waals surface area (Å²) in [6.45, 7) is 4.33. The first-order chi connectivity index (χ1) is 7.93. The van der Waals surface area contributed by atoms with Crippen molar-refractivity contribution < 1.29 is 9.53 Å². The second-order valence-corrected chi connectivity index (χ2v) is 4.30. The summed E-state index contributed by atoms with van der Waals surface area (Å²) in [6.07, 6.45) is 0. The Kier molecular flexibility index (Phi) is 4.34. The summed E-state index contributed by atoms with van der Waals surface area (Å²) < 4.78 is 5.50. The summed E-state index contributed by atoms with van der Waals surface area (Å²) in [6, 6.07) is 4.87. The highest BCUT2D eigenvalue weighted by Crippen LogP contribution is 2.24. The Bertz CT molecular complexity index is 405. The molecule has 0 aliphatic heterocycles. The number of amides is 1. The van der Waals surface area contributed by atoms with Crippen molar-refractivity contribution >= 4 is 11.6 Å². The van der Waals surface area contributed by atoms with Crippen LogP contribution in [0.3, 0.4) is 0 Å². The lowest BCUT2D eigenvalue weighted by atomic mass is 10.1. The fourth-order valence-electron chi connectivity index (χ4n) is 1.31. The van der Waals surface area contributed by atoms with E-state index in [9.17, 15) is 4.79 Å². The number of hydrogen-bond donors (Lipinski definition) is 3. The summed E-state index contributed by atoms with van der Waals surface area (Å²) in [5, 5.41) is 0. The number of carbonyl (C=O) groups is 1. The maximum atomic E-state index is 11.3. The molecule has 1 amide bonds. The number of nitrogens with two attached hydrogens (primary N) is 3. The van der Waals surface area contributed by atoms with Crippen molar-refractivity contribution in [2.24, 2.45) is 17.4 Å². The van der Waals surface area contributed by atoms with Gasteiger partial charge in [0.15, 0.2) is 0 Å². The minimum absolute atomic E-state index is 0.0999. The van der Waals surface area contributed by atoms with Crippen LogP contribution in [0.4, 0.5) is 5.69 Å². The number of nitrogen functional groups attached to an aromatic ring is 1. The first-order valence-electron chi connectivity index (χ1n) is 5.50. The first-order valence-corrected chi connectivity index (χ1v) is 5.50. The highest BCUT2D eigenvalue weighted by atomic mass is 16.5. The molecule has 5 nitrogen and oxygen atoms in total. The number of benzene rings is 1. The molecule has 0 heterocycles. The van der Waals surface area contributed by atoms with Crippen molar-refractivity contribution in [1.29, 1.82) is 0 Å². The Morgan fingerprint density at radius 1 is 1.41 bits per heavy atom. The van der Waals surface area contributed by atoms with Gasteiger partial charge in [0.25, 0.3) is 5.91 Å². The second-order valence-electron chi connectivity index (χ2n) is 4.30. The quantitative estimate of drug-likeness (QED) is 0.656. The van der Waals surface area contributed by atoms with E-state index in [1.807, 2.05) is 13.8 Å². The van der Waals surface area contributed by atoms with E-state index in [2.05, 4.69) is 0 Å². The van der Waals surface area contributed by atoms with Crippen LogP contribution in [-0.4, -0.2) is 18.6 Å². The monoisotopic (exact) mass is 237 g/mol. The number of rotatable bonds is 5. The van der Waals surface area contributed by atoms with E-state index < -0.39 is 5.91 Å². The van der Waals surface area contributed by atoms with Gasteiger partial charge in [-0.05, 0) is 18.1 Å². The number of carbonyl (C=O) groups excluding carboxylic acids is 1. The van der Waals surface area contributed by atoms with Crippen LogP contribution in [0.5, 0.6) is 5.75 Å². The van der Waals surface area contributed by atoms with E-state index in [1.54, 1.807) is 18.2 Å². The number of primary amides is 1. The molecule has 0 saturated carbocycles. The Balaban J connectivity index is 2.84. The van der Waals surface area contributed by atoms with Crippen molar-refractivity contribution in [2.45, 2.75) is 19.9 Å². The van der Waals surface area contributed by atoms with Crippen LogP contribution in [0.25, 0.3) is 0 Å². The highest BCUT2D eigenvalue weighted by Gasteiger charge is 2.15. The van der Waals surface area contributed by atoms with Gasteiger partial charge in [0.1, 0.15) is 17.9 Å². The van der Waals surface area contributed by atoms with E-state index >= 15 is 0 Å². The average Bonchev–Trinajstić information content (AvgIpc) is 2.24. The molecular weight excluding hydrogens is 218 g/mol. The molecule has 0 aromatic heterocycles. The molecular formula is C12H19N3O2. The summed E-state index contributed by atoms with van der Waals surface area (Å²) in [5.41, 5.74) is 17.3. The molecule has 0 saturated heterocycles. The molecule has 0 aliphatic rings. The molecule has 0 spiro atoms. The topological polar surface area (TPSA) is 104 Å². The number of ether oxygens (including phenoxy) is 1. The lowest BCUT2D eigenvalue weighted by molar-refractivity contribution is 0.0996. The van der Waals surface area contributed by atoms with Crippen LogP contribution < -0.4 is 21.9 Å². The molecule has 1 aromatic rings. The third-order valence-electron chi connectivity index (χ3n) is 2.59. The smallest absolute Gasteiger partial charge is 0.254 e. The Hall–Kier alpha value is -1.75. The molecule has 17 heavy (non-hydrogen) atoms. The summed E-state index contributed by atoms with van der Waals surface area (Å²) in [4.78, 5) is 11.3. The molecule has 1 unspecified atom stereocenters. The van der Waals surface area contributed by atoms with Crippen LogP contribution in [0, 0.1) is 5.92 Å². The normalized spacial score (nSPS) is 12.5. The highest BCUT2D eigenvalue weighted by molar-refractivity contribution is 6.00. The van der Waals surface area contributed by atoms with Gasteiger partial charge in [0.2, 0.25) is 0 Å². The van der Waals surface area contributed by atoms with E-state index in [1.165, 1.54) is 0 Å². The lowest BCUT2D eigenvalue weighted by Crippen LogP contribution is -2.33. The van der Waals surface area contributed by atoms with Gasteiger partial charge in [-0.2, -0.15) is 0 Å². The minimum atomic E-state index is -0.601. The zero-order valence-electron chi connectivity index (χ0n) is 10.1. The first kappa shape index (κ1) is 13.3. The van der Waals surface area contributed by atoms with Gasteiger partial charge >= 0.3 is 0 Å². The van der Waals surface area contributed by atoms with Crippen molar-refractivity contribution in [1.82, 2.24) is 0 Å². The van der Waals surface area contributed by atoms with Gasteiger partial charge < -0.3 is 21.9 Å². The third-order valence-corrected chi connectivity index (χ3v) is 2.59. The molecule has 0 fully saturated rings. The van der Waals surface area contributed by atoms with E-state index in [0.29, 0.717) is 24.0 Å². The van der Waals surface area contributed by atoms with Crippen LogP contribution in [-0.2, 0) is 0 Å². The van der Waals surface area contributed by atoms with Crippen molar-refractivity contribution in [3.05, 3.63) is 23.8 Å². The van der Waals surface area contributed by atoms with Crippen LogP contribution in [0.15, 0.2) is 18.2 Å². The van der Waals surface area contributed by atoms with Gasteiger partial charge in [-0.15, -0.1) is 0 Å². The maximum absolute atomic E-state index is 11.3. The van der Waals surface area contributed by atoms with E-state index in [-0.39, 0.29) is 11.6 Å². The predicted molar refractivity (Wildman–Crippen MR) is 67.7 cm³/mol. The van der Waals surface area contributed by atoms with Gasteiger partial charge in [0.05, 0.1) is 0 Å². The molecule has 0 radical (unpaired) electrons. The lowest BCUT2D eigenvalue weighted by Gasteiger charge is -2.18. The van der Waals surface area contributed by atoms with Gasteiger partial charge in [-0.25, -0.2) is 0 Å². The largest absolute Gasteiger partial charge is 0.491 e. The Morgan fingerprint density at radius 3 is 2.59 bits per heavy atom. The van der Waals surface area contributed by atoms with Crippen LogP contribution in [0.1, 0.15) is 24.2 Å². The molecule has 94 valence electrons. The van der Waals surface area contributed by atoms with Crippen molar-refractivity contribution in [3.63, 3.8) is 0 Å². The summed E-state index contributed by atoms with van der Waals surface area (Å²) >= 11 is 0. The predicted octanol–water partition coefficient (Wildman–Crippen LogP) is 0.730. The zero-order chi connectivity index (χ0) is 13.0. The second kappa shape index (κ2) is 5.54. The van der Waals surface area contributed by atoms with Gasteiger partial charge in [-0.3, -0.25) is 4.79 Å². The fraction of sp³-hybridized carbons (Fsp3) is 0.417. The summed E-state index contributed by atoms with van der Waals surface area (Å²) in [7, 11) is 0. The Labute approximate surface area is 101 Å². The van der Waals surface area contributed by atoms with Gasteiger partial charge in [-0.1, -0.05) is 19.9 Å². The standard InChI is InChI=1S/C12H19N3O2/c1-7(2)9(14)6-17-10-5-3-4-8(13)11(10)12(15)16/h3-5,7,9H,6,13-14H2,1-2H3,(H2,15,16). The van der Waals surface area contributed by atoms with Crippen LogP contribution in [0.2, 0.25) is 0 Å². The SMILES string of the molecule is CC(C)C(N)COc1cccc(N)c1C(N)=O. The number of hydrogen-bond acceptors (Lipinski definition) is 4. The molecule has 0 bridgehead atoms. The van der Waals surface area contributed by atoms with E-state index in [0.717, 1.165) is 0 Å². The zero-order valence-corrected chi connectivity index (χ0v) is 10.1. The molecule has 5 heteroatoms. The molecule has 0 aliphatic carbocycles.